The molecule has 1 saturated heterocycles. The molecular formula is C19H21N5O2. The molecule has 0 aliphatic carbocycles. The number of hydrogen-bond donors (Lipinski definition) is 0. The van der Waals surface area contributed by atoms with Crippen molar-refractivity contribution in [2.75, 3.05) is 42.5 Å². The van der Waals surface area contributed by atoms with Crippen LogP contribution >= 0.6 is 0 Å². The van der Waals surface area contributed by atoms with E-state index in [4.69, 9.17) is 0 Å². The van der Waals surface area contributed by atoms with Gasteiger partial charge in [0, 0.05) is 44.5 Å². The molecule has 0 radical (unpaired) electrons. The molecule has 0 saturated carbocycles. The predicted octanol–water partition coefficient (Wildman–Crippen LogP) is 1.35. The maximum atomic E-state index is 13.1. The van der Waals surface area contributed by atoms with E-state index < -0.39 is 0 Å². The lowest BCUT2D eigenvalue weighted by atomic mass is 10.0. The smallest absolute Gasteiger partial charge is 0.277 e. The first-order valence-corrected chi connectivity index (χ1v) is 8.92. The summed E-state index contributed by atoms with van der Waals surface area (Å²) >= 11 is 0. The van der Waals surface area contributed by atoms with Crippen LogP contribution in [0.4, 0.5) is 11.5 Å². The molecule has 2 aliphatic heterocycles. The molecule has 2 aliphatic rings. The Bertz CT molecular complexity index is 817. The molecule has 7 heteroatoms. The first-order valence-electron chi connectivity index (χ1n) is 8.92. The molecule has 1 aromatic carbocycles. The van der Waals surface area contributed by atoms with Crippen LogP contribution in [0, 0.1) is 0 Å². The van der Waals surface area contributed by atoms with Crippen molar-refractivity contribution in [3.05, 3.63) is 47.9 Å². The average molecular weight is 351 g/mol. The van der Waals surface area contributed by atoms with Gasteiger partial charge in [-0.05, 0) is 24.5 Å². The third-order valence-electron chi connectivity index (χ3n) is 5.01. The van der Waals surface area contributed by atoms with Crippen LogP contribution in [0.25, 0.3) is 0 Å². The van der Waals surface area contributed by atoms with E-state index in [1.807, 2.05) is 23.1 Å². The lowest BCUT2D eigenvalue weighted by Gasteiger charge is -2.33. The van der Waals surface area contributed by atoms with Crippen molar-refractivity contribution < 1.29 is 9.59 Å². The number of anilines is 2. The monoisotopic (exact) mass is 351 g/mol. The summed E-state index contributed by atoms with van der Waals surface area (Å²) in [6, 6.07) is 9.80. The number of fused-ring (bicyclic) bond motifs is 1. The van der Waals surface area contributed by atoms with Crippen molar-refractivity contribution in [1.29, 1.82) is 0 Å². The Kier molecular flexibility index (Phi) is 4.51. The van der Waals surface area contributed by atoms with E-state index >= 15 is 0 Å². The molecule has 0 bridgehead atoms. The quantitative estimate of drug-likeness (QED) is 0.781. The standard InChI is InChI=1S/C19H21N5O2/c25-14-22-8-10-23(11-9-22)18-12-16(20-13-21-18)19(26)24-7-3-5-15-4-1-2-6-17(15)24/h1-2,4,6,12-14H,3,5,7-11H2. The summed E-state index contributed by atoms with van der Waals surface area (Å²) in [5.74, 6) is 0.645. The van der Waals surface area contributed by atoms with Crippen molar-refractivity contribution in [3.8, 4) is 0 Å². The summed E-state index contributed by atoms with van der Waals surface area (Å²) in [7, 11) is 0. The molecule has 0 spiro atoms. The first kappa shape index (κ1) is 16.5. The van der Waals surface area contributed by atoms with Gasteiger partial charge in [0.25, 0.3) is 5.91 Å². The molecule has 134 valence electrons. The molecule has 2 amide bonds. The van der Waals surface area contributed by atoms with Crippen molar-refractivity contribution in [1.82, 2.24) is 14.9 Å². The van der Waals surface area contributed by atoms with Gasteiger partial charge in [-0.15, -0.1) is 0 Å². The highest BCUT2D eigenvalue weighted by Crippen LogP contribution is 2.28. The number of amides is 2. The fraction of sp³-hybridized carbons (Fsp3) is 0.368. The van der Waals surface area contributed by atoms with E-state index in [0.717, 1.165) is 30.8 Å². The molecule has 0 N–H and O–H groups in total. The number of hydrogen-bond acceptors (Lipinski definition) is 5. The van der Waals surface area contributed by atoms with Gasteiger partial charge in [0.05, 0.1) is 0 Å². The summed E-state index contributed by atoms with van der Waals surface area (Å²) in [6.07, 6.45) is 4.27. The van der Waals surface area contributed by atoms with Gasteiger partial charge in [-0.1, -0.05) is 18.2 Å². The second kappa shape index (κ2) is 7.11. The van der Waals surface area contributed by atoms with E-state index in [-0.39, 0.29) is 5.91 Å². The van der Waals surface area contributed by atoms with E-state index in [1.165, 1.54) is 11.9 Å². The number of piperazine rings is 1. The largest absolute Gasteiger partial charge is 0.353 e. The number of aryl methyl sites for hydroxylation is 1. The van der Waals surface area contributed by atoms with Gasteiger partial charge in [0.1, 0.15) is 17.8 Å². The lowest BCUT2D eigenvalue weighted by molar-refractivity contribution is -0.118. The third-order valence-corrected chi connectivity index (χ3v) is 5.01. The van der Waals surface area contributed by atoms with E-state index in [1.54, 1.807) is 11.0 Å². The zero-order valence-corrected chi connectivity index (χ0v) is 14.5. The van der Waals surface area contributed by atoms with E-state index in [9.17, 15) is 9.59 Å². The number of carbonyl (C=O) groups excluding carboxylic acids is 2. The van der Waals surface area contributed by atoms with Crippen molar-refractivity contribution in [2.24, 2.45) is 0 Å². The fourth-order valence-electron chi connectivity index (χ4n) is 3.58. The number of nitrogens with zero attached hydrogens (tertiary/aromatic N) is 5. The van der Waals surface area contributed by atoms with Crippen LogP contribution in [-0.2, 0) is 11.2 Å². The Morgan fingerprint density at radius 3 is 2.65 bits per heavy atom. The molecule has 3 heterocycles. The van der Waals surface area contributed by atoms with Crippen LogP contribution in [0.2, 0.25) is 0 Å². The molecule has 1 aromatic heterocycles. The summed E-state index contributed by atoms with van der Waals surface area (Å²) in [6.45, 7) is 3.44. The summed E-state index contributed by atoms with van der Waals surface area (Å²) in [4.78, 5) is 38.1. The van der Waals surface area contributed by atoms with Gasteiger partial charge in [-0.2, -0.15) is 0 Å². The molecule has 1 fully saturated rings. The highest BCUT2D eigenvalue weighted by molar-refractivity contribution is 6.05. The van der Waals surface area contributed by atoms with E-state index in [0.29, 0.717) is 38.4 Å². The van der Waals surface area contributed by atoms with Crippen molar-refractivity contribution >= 4 is 23.8 Å². The topological polar surface area (TPSA) is 69.6 Å². The zero-order valence-electron chi connectivity index (χ0n) is 14.5. The highest BCUT2D eigenvalue weighted by atomic mass is 16.2. The molecule has 2 aromatic rings. The number of aromatic nitrogens is 2. The van der Waals surface area contributed by atoms with Crippen LogP contribution in [0.1, 0.15) is 22.5 Å². The molecule has 4 rings (SSSR count). The second-order valence-electron chi connectivity index (χ2n) is 6.58. The first-order chi connectivity index (χ1) is 12.8. The minimum atomic E-state index is -0.0904. The van der Waals surface area contributed by atoms with Gasteiger partial charge >= 0.3 is 0 Å². The van der Waals surface area contributed by atoms with Crippen molar-refractivity contribution in [2.45, 2.75) is 12.8 Å². The third kappa shape index (κ3) is 3.12. The second-order valence-corrected chi connectivity index (χ2v) is 6.58. The van der Waals surface area contributed by atoms with Crippen LogP contribution in [0.3, 0.4) is 0 Å². The van der Waals surface area contributed by atoms with Gasteiger partial charge in [-0.25, -0.2) is 9.97 Å². The van der Waals surface area contributed by atoms with Gasteiger partial charge in [0.2, 0.25) is 6.41 Å². The van der Waals surface area contributed by atoms with Crippen LogP contribution in [0.15, 0.2) is 36.7 Å². The van der Waals surface area contributed by atoms with Crippen LogP contribution in [0.5, 0.6) is 0 Å². The van der Waals surface area contributed by atoms with Crippen LogP contribution < -0.4 is 9.80 Å². The normalized spacial score (nSPS) is 17.0. The molecule has 26 heavy (non-hydrogen) atoms. The number of para-hydroxylation sites is 1. The Labute approximate surface area is 152 Å². The van der Waals surface area contributed by atoms with Gasteiger partial charge < -0.3 is 14.7 Å². The van der Waals surface area contributed by atoms with Crippen LogP contribution in [-0.4, -0.2) is 59.9 Å². The Balaban J connectivity index is 1.56. The van der Waals surface area contributed by atoms with Gasteiger partial charge in [-0.3, -0.25) is 9.59 Å². The molecular weight excluding hydrogens is 330 g/mol. The minimum absolute atomic E-state index is 0.0904. The average Bonchev–Trinajstić information content (AvgIpc) is 2.73. The Morgan fingerprint density at radius 2 is 1.85 bits per heavy atom. The molecule has 0 unspecified atom stereocenters. The fourth-order valence-corrected chi connectivity index (χ4v) is 3.58. The lowest BCUT2D eigenvalue weighted by Crippen LogP contribution is -2.46. The Morgan fingerprint density at radius 1 is 1.04 bits per heavy atom. The van der Waals surface area contributed by atoms with E-state index in [2.05, 4.69) is 20.9 Å². The summed E-state index contributed by atoms with van der Waals surface area (Å²) < 4.78 is 0. The maximum absolute atomic E-state index is 13.1. The van der Waals surface area contributed by atoms with Crippen molar-refractivity contribution in [3.63, 3.8) is 0 Å². The SMILES string of the molecule is O=CN1CCN(c2cc(C(=O)N3CCCc4ccccc43)ncn2)CC1. The predicted molar refractivity (Wildman–Crippen MR) is 98.3 cm³/mol. The number of carbonyl (C=O) groups is 2. The molecule has 7 nitrogen and oxygen atoms in total. The number of benzene rings is 1. The minimum Gasteiger partial charge on any atom is -0.353 e. The summed E-state index contributed by atoms with van der Waals surface area (Å²) in [5, 5.41) is 0. The zero-order chi connectivity index (χ0) is 17.9. The summed E-state index contributed by atoms with van der Waals surface area (Å²) in [5.41, 5.74) is 2.58. The highest BCUT2D eigenvalue weighted by Gasteiger charge is 2.25. The van der Waals surface area contributed by atoms with Gasteiger partial charge in [0.15, 0.2) is 0 Å². The maximum Gasteiger partial charge on any atom is 0.277 e. The molecule has 0 atom stereocenters. The Hall–Kier alpha value is -2.96. The number of rotatable bonds is 3.